The summed E-state index contributed by atoms with van der Waals surface area (Å²) in [4.78, 5) is 29.0. The van der Waals surface area contributed by atoms with Crippen molar-refractivity contribution >= 4 is 23.0 Å². The average Bonchev–Trinajstić information content (AvgIpc) is 2.92. The van der Waals surface area contributed by atoms with Gasteiger partial charge in [0.05, 0.1) is 4.92 Å². The van der Waals surface area contributed by atoms with Crippen LogP contribution < -0.4 is 10.2 Å². The van der Waals surface area contributed by atoms with Gasteiger partial charge in [-0.05, 0) is 104 Å². The predicted molar refractivity (Wildman–Crippen MR) is 155 cm³/mol. The third-order valence-electron chi connectivity index (χ3n) is 10.3. The minimum atomic E-state index is -0.264. The molecule has 1 N–H and O–H groups in total. The lowest BCUT2D eigenvalue weighted by atomic mass is 9.48. The molecule has 4 aliphatic carbocycles. The minimum absolute atomic E-state index is 0.0698. The van der Waals surface area contributed by atoms with E-state index in [2.05, 4.69) is 31.0 Å². The molecule has 0 aromatic heterocycles. The summed E-state index contributed by atoms with van der Waals surface area (Å²) in [6.07, 6.45) is 7.95. The summed E-state index contributed by atoms with van der Waals surface area (Å²) in [6.45, 7) is 9.23. The Bertz CT molecular complexity index is 1200. The molecule has 5 aliphatic rings. The second kappa shape index (κ2) is 10.1. The fourth-order valence-electron chi connectivity index (χ4n) is 8.45. The van der Waals surface area contributed by atoms with E-state index in [4.69, 9.17) is 0 Å². The van der Waals surface area contributed by atoms with Crippen molar-refractivity contribution in [2.45, 2.75) is 71.3 Å². The zero-order valence-electron chi connectivity index (χ0n) is 23.6. The van der Waals surface area contributed by atoms with Crippen LogP contribution in [0.4, 0.5) is 17.1 Å². The number of nitrogens with one attached hydrogen (secondary N) is 1. The van der Waals surface area contributed by atoms with E-state index in [0.29, 0.717) is 37.8 Å². The zero-order valence-corrected chi connectivity index (χ0v) is 23.6. The standard InChI is InChI=1S/C32H42N4O3/c1-21(2)26-4-6-27(7-5-26)31(37)35-12-10-34(11-13-35)28-8-9-30(36(38)39)29(17-28)33-22(3)32-18-23-14-24(19-32)16-25(15-23)20-32/h4-9,17,21-25,33H,10-16,18-20H2,1-3H3/t22-,23?,24?,25?,32?/m0/s1. The van der Waals surface area contributed by atoms with Gasteiger partial charge in [0.25, 0.3) is 11.6 Å². The summed E-state index contributed by atoms with van der Waals surface area (Å²) in [5.74, 6) is 3.03. The maximum Gasteiger partial charge on any atom is 0.292 e. The number of anilines is 2. The van der Waals surface area contributed by atoms with Crippen LogP contribution in [0, 0.1) is 33.3 Å². The van der Waals surface area contributed by atoms with Crippen molar-refractivity contribution in [2.24, 2.45) is 23.2 Å². The normalized spacial score (nSPS) is 28.6. The second-order valence-corrected chi connectivity index (χ2v) is 13.2. The van der Waals surface area contributed by atoms with Gasteiger partial charge in [0.2, 0.25) is 0 Å². The molecule has 208 valence electrons. The first-order chi connectivity index (χ1) is 18.7. The Balaban J connectivity index is 1.14. The molecule has 1 saturated heterocycles. The Morgan fingerprint density at radius 2 is 1.51 bits per heavy atom. The third kappa shape index (κ3) is 5.01. The van der Waals surface area contributed by atoms with Crippen LogP contribution in [0.2, 0.25) is 0 Å². The molecule has 5 fully saturated rings. The number of benzene rings is 2. The van der Waals surface area contributed by atoms with Crippen LogP contribution in [0.1, 0.15) is 81.1 Å². The van der Waals surface area contributed by atoms with E-state index in [1.807, 2.05) is 41.3 Å². The first-order valence-corrected chi connectivity index (χ1v) is 14.9. The van der Waals surface area contributed by atoms with E-state index in [1.54, 1.807) is 6.07 Å². The van der Waals surface area contributed by atoms with Crippen molar-refractivity contribution in [3.63, 3.8) is 0 Å². The number of nitro groups is 1. The fraction of sp³-hybridized carbons (Fsp3) is 0.594. The van der Waals surface area contributed by atoms with Crippen molar-refractivity contribution in [3.8, 4) is 0 Å². The largest absolute Gasteiger partial charge is 0.376 e. The second-order valence-electron chi connectivity index (χ2n) is 13.2. The van der Waals surface area contributed by atoms with Crippen molar-refractivity contribution in [1.29, 1.82) is 0 Å². The van der Waals surface area contributed by atoms with E-state index < -0.39 is 0 Å². The number of nitro benzene ring substituents is 1. The summed E-state index contributed by atoms with van der Waals surface area (Å²) in [7, 11) is 0. The molecule has 4 saturated carbocycles. The van der Waals surface area contributed by atoms with Crippen molar-refractivity contribution in [3.05, 3.63) is 63.7 Å². The highest BCUT2D eigenvalue weighted by molar-refractivity contribution is 5.94. The lowest BCUT2D eigenvalue weighted by molar-refractivity contribution is -0.384. The molecule has 2 aromatic carbocycles. The topological polar surface area (TPSA) is 78.7 Å². The average molecular weight is 531 g/mol. The van der Waals surface area contributed by atoms with Gasteiger partial charge >= 0.3 is 0 Å². The number of carbonyl (C=O) groups is 1. The predicted octanol–water partition coefficient (Wildman–Crippen LogP) is 6.70. The van der Waals surface area contributed by atoms with Crippen LogP contribution in [-0.2, 0) is 0 Å². The van der Waals surface area contributed by atoms with Crippen molar-refractivity contribution < 1.29 is 9.72 Å². The first-order valence-electron chi connectivity index (χ1n) is 14.9. The molecule has 7 rings (SSSR count). The summed E-state index contributed by atoms with van der Waals surface area (Å²) >= 11 is 0. The quantitative estimate of drug-likeness (QED) is 0.318. The molecular weight excluding hydrogens is 488 g/mol. The van der Waals surface area contributed by atoms with Crippen molar-refractivity contribution in [1.82, 2.24) is 4.90 Å². The number of rotatable bonds is 7. The third-order valence-corrected chi connectivity index (χ3v) is 10.3. The van der Waals surface area contributed by atoms with Crippen LogP contribution in [0.15, 0.2) is 42.5 Å². The van der Waals surface area contributed by atoms with Gasteiger partial charge < -0.3 is 15.1 Å². The summed E-state index contributed by atoms with van der Waals surface area (Å²) in [5.41, 5.74) is 3.98. The highest BCUT2D eigenvalue weighted by atomic mass is 16.6. The van der Waals surface area contributed by atoms with Crippen LogP contribution in [0.25, 0.3) is 0 Å². The van der Waals surface area contributed by atoms with Gasteiger partial charge in [-0.25, -0.2) is 0 Å². The number of nitrogens with zero attached hydrogens (tertiary/aromatic N) is 3. The highest BCUT2D eigenvalue weighted by Gasteiger charge is 2.53. The Morgan fingerprint density at radius 3 is 2.05 bits per heavy atom. The van der Waals surface area contributed by atoms with Gasteiger partial charge in [-0.3, -0.25) is 14.9 Å². The van der Waals surface area contributed by atoms with Gasteiger partial charge in [-0.2, -0.15) is 0 Å². The van der Waals surface area contributed by atoms with Gasteiger partial charge in [-0.15, -0.1) is 0 Å². The number of hydrogen-bond donors (Lipinski definition) is 1. The van der Waals surface area contributed by atoms with Crippen LogP contribution in [0.3, 0.4) is 0 Å². The Morgan fingerprint density at radius 1 is 0.923 bits per heavy atom. The van der Waals surface area contributed by atoms with Crippen molar-refractivity contribution in [2.75, 3.05) is 36.4 Å². The maximum atomic E-state index is 13.1. The molecule has 0 radical (unpaired) electrons. The van der Waals surface area contributed by atoms with E-state index >= 15 is 0 Å². The van der Waals surface area contributed by atoms with Crippen LogP contribution in [0.5, 0.6) is 0 Å². The van der Waals surface area contributed by atoms with Crippen LogP contribution >= 0.6 is 0 Å². The van der Waals surface area contributed by atoms with Gasteiger partial charge in [0.15, 0.2) is 0 Å². The SMILES string of the molecule is CC(C)c1ccc(C(=O)N2CCN(c3ccc([N+](=O)[O-])c(N[C@@H](C)C45CC6CC(CC(C6)C4)C5)c3)CC2)cc1. The molecule has 4 bridgehead atoms. The summed E-state index contributed by atoms with van der Waals surface area (Å²) in [5, 5.41) is 15.6. The molecule has 7 heteroatoms. The number of carbonyl (C=O) groups excluding carboxylic acids is 1. The summed E-state index contributed by atoms with van der Waals surface area (Å²) in [6, 6.07) is 13.6. The molecular formula is C32H42N4O3. The lowest BCUT2D eigenvalue weighted by Crippen LogP contribution is -2.53. The molecule has 0 spiro atoms. The number of hydrogen-bond acceptors (Lipinski definition) is 5. The van der Waals surface area contributed by atoms with Gasteiger partial charge in [0, 0.05) is 49.5 Å². The van der Waals surface area contributed by atoms with Crippen LogP contribution in [-0.4, -0.2) is 48.0 Å². The molecule has 0 unspecified atom stereocenters. The number of amides is 1. The molecule has 1 atom stereocenters. The smallest absolute Gasteiger partial charge is 0.292 e. The van der Waals surface area contributed by atoms with Gasteiger partial charge in [0.1, 0.15) is 5.69 Å². The Hall–Kier alpha value is -3.09. The Kier molecular flexibility index (Phi) is 6.80. The lowest BCUT2D eigenvalue weighted by Gasteiger charge is -2.59. The molecule has 39 heavy (non-hydrogen) atoms. The molecule has 7 nitrogen and oxygen atoms in total. The highest BCUT2D eigenvalue weighted by Crippen LogP contribution is 2.61. The van der Waals surface area contributed by atoms with E-state index in [1.165, 1.54) is 44.1 Å². The minimum Gasteiger partial charge on any atom is -0.376 e. The molecule has 1 amide bonds. The van der Waals surface area contributed by atoms with E-state index in [9.17, 15) is 14.9 Å². The maximum absolute atomic E-state index is 13.1. The fourth-order valence-corrected chi connectivity index (χ4v) is 8.45. The van der Waals surface area contributed by atoms with E-state index in [0.717, 1.165) is 29.0 Å². The summed E-state index contributed by atoms with van der Waals surface area (Å²) < 4.78 is 0. The monoisotopic (exact) mass is 530 g/mol. The van der Waals surface area contributed by atoms with E-state index in [-0.39, 0.29) is 28.0 Å². The Labute approximate surface area is 232 Å². The first kappa shape index (κ1) is 26.1. The van der Waals surface area contributed by atoms with Gasteiger partial charge in [-0.1, -0.05) is 26.0 Å². The number of piperazine rings is 1. The molecule has 1 aliphatic heterocycles. The molecule has 2 aromatic rings. The zero-order chi connectivity index (χ0) is 27.3. The molecule has 1 heterocycles.